The van der Waals surface area contributed by atoms with Crippen molar-refractivity contribution in [2.45, 2.75) is 26.3 Å². The summed E-state index contributed by atoms with van der Waals surface area (Å²) >= 11 is 5.98. The standard InChI is InChI=1S/C13H20ClN3O2/c1-3-19-13(18)10-5-4-6-17(8-10)9-12-15-7-11(14)16(12)2/h7,10H,3-6,8-9H2,1-2H3. The minimum absolute atomic E-state index is 0.00978. The molecule has 0 aromatic carbocycles. The highest BCUT2D eigenvalue weighted by atomic mass is 35.5. The van der Waals surface area contributed by atoms with Gasteiger partial charge in [-0.2, -0.15) is 0 Å². The minimum atomic E-state index is -0.0786. The SMILES string of the molecule is CCOC(=O)C1CCCN(Cc2ncc(Cl)n2C)C1. The molecule has 1 fully saturated rings. The molecule has 1 aliphatic heterocycles. The first kappa shape index (κ1) is 14.3. The maximum absolute atomic E-state index is 11.8. The van der Waals surface area contributed by atoms with E-state index in [0.29, 0.717) is 11.8 Å². The van der Waals surface area contributed by atoms with Gasteiger partial charge in [0.2, 0.25) is 0 Å². The van der Waals surface area contributed by atoms with Gasteiger partial charge < -0.3 is 9.30 Å². The molecule has 1 aromatic rings. The van der Waals surface area contributed by atoms with Crippen molar-refractivity contribution in [2.75, 3.05) is 19.7 Å². The summed E-state index contributed by atoms with van der Waals surface area (Å²) in [7, 11) is 1.90. The van der Waals surface area contributed by atoms with Crippen molar-refractivity contribution in [1.29, 1.82) is 0 Å². The number of likely N-dealkylation sites (tertiary alicyclic amines) is 1. The van der Waals surface area contributed by atoms with Crippen LogP contribution in [0.5, 0.6) is 0 Å². The van der Waals surface area contributed by atoms with Gasteiger partial charge in [0.15, 0.2) is 0 Å². The number of carbonyl (C=O) groups excluding carboxylic acids is 1. The quantitative estimate of drug-likeness (QED) is 0.792. The lowest BCUT2D eigenvalue weighted by molar-refractivity contribution is -0.150. The van der Waals surface area contributed by atoms with Crippen LogP contribution in [0.4, 0.5) is 0 Å². The van der Waals surface area contributed by atoms with Crippen LogP contribution >= 0.6 is 11.6 Å². The van der Waals surface area contributed by atoms with Gasteiger partial charge in [0.1, 0.15) is 11.0 Å². The maximum atomic E-state index is 11.8. The zero-order valence-corrected chi connectivity index (χ0v) is 12.2. The molecule has 2 rings (SSSR count). The topological polar surface area (TPSA) is 47.4 Å². The molecule has 1 unspecified atom stereocenters. The molecular formula is C13H20ClN3O2. The van der Waals surface area contributed by atoms with Crippen LogP contribution in [-0.4, -0.2) is 40.1 Å². The number of halogens is 1. The summed E-state index contributed by atoms with van der Waals surface area (Å²) in [5.41, 5.74) is 0. The maximum Gasteiger partial charge on any atom is 0.310 e. The van der Waals surface area contributed by atoms with Crippen molar-refractivity contribution < 1.29 is 9.53 Å². The van der Waals surface area contributed by atoms with Crippen LogP contribution in [0, 0.1) is 5.92 Å². The molecule has 0 amide bonds. The third-order valence-corrected chi connectivity index (χ3v) is 3.87. The van der Waals surface area contributed by atoms with Crippen molar-refractivity contribution in [3.05, 3.63) is 17.2 Å². The zero-order chi connectivity index (χ0) is 13.8. The first-order valence-electron chi connectivity index (χ1n) is 6.67. The van der Waals surface area contributed by atoms with E-state index in [-0.39, 0.29) is 11.9 Å². The molecule has 6 heteroatoms. The lowest BCUT2D eigenvalue weighted by Gasteiger charge is -2.31. The zero-order valence-electron chi connectivity index (χ0n) is 11.4. The lowest BCUT2D eigenvalue weighted by atomic mass is 9.98. The second-order valence-corrected chi connectivity index (χ2v) is 5.27. The molecule has 2 heterocycles. The van der Waals surface area contributed by atoms with Crippen molar-refractivity contribution in [3.8, 4) is 0 Å². The second kappa shape index (κ2) is 6.39. The molecular weight excluding hydrogens is 266 g/mol. The van der Waals surface area contributed by atoms with E-state index in [2.05, 4.69) is 9.88 Å². The van der Waals surface area contributed by atoms with Crippen LogP contribution in [0.3, 0.4) is 0 Å². The number of rotatable bonds is 4. The number of carbonyl (C=O) groups is 1. The number of ether oxygens (including phenoxy) is 1. The van der Waals surface area contributed by atoms with Gasteiger partial charge >= 0.3 is 5.97 Å². The highest BCUT2D eigenvalue weighted by Gasteiger charge is 2.27. The molecule has 1 aliphatic rings. The van der Waals surface area contributed by atoms with Crippen LogP contribution in [0.25, 0.3) is 0 Å². The van der Waals surface area contributed by atoms with Crippen molar-refractivity contribution in [3.63, 3.8) is 0 Å². The third-order valence-electron chi connectivity index (χ3n) is 3.52. The number of piperidine rings is 1. The van der Waals surface area contributed by atoms with Gasteiger partial charge in [-0.15, -0.1) is 0 Å². The average Bonchev–Trinajstić information content (AvgIpc) is 2.71. The van der Waals surface area contributed by atoms with Gasteiger partial charge in [0, 0.05) is 13.6 Å². The normalized spacial score (nSPS) is 20.5. The van der Waals surface area contributed by atoms with E-state index in [1.807, 2.05) is 18.5 Å². The summed E-state index contributed by atoms with van der Waals surface area (Å²) in [6, 6.07) is 0. The van der Waals surface area contributed by atoms with Gasteiger partial charge in [0.25, 0.3) is 0 Å². The Labute approximate surface area is 118 Å². The predicted molar refractivity (Wildman–Crippen MR) is 72.9 cm³/mol. The van der Waals surface area contributed by atoms with Crippen LogP contribution in [-0.2, 0) is 23.1 Å². The minimum Gasteiger partial charge on any atom is -0.466 e. The van der Waals surface area contributed by atoms with E-state index in [9.17, 15) is 4.79 Å². The summed E-state index contributed by atoms with van der Waals surface area (Å²) in [6.07, 6.45) is 3.59. The largest absolute Gasteiger partial charge is 0.466 e. The fraction of sp³-hybridized carbons (Fsp3) is 0.692. The van der Waals surface area contributed by atoms with Gasteiger partial charge in [0.05, 0.1) is 25.3 Å². The van der Waals surface area contributed by atoms with E-state index >= 15 is 0 Å². The van der Waals surface area contributed by atoms with Crippen molar-refractivity contribution >= 4 is 17.6 Å². The Bertz CT molecular complexity index is 447. The molecule has 0 aliphatic carbocycles. The highest BCUT2D eigenvalue weighted by molar-refractivity contribution is 6.29. The van der Waals surface area contributed by atoms with Crippen LogP contribution in [0.2, 0.25) is 5.15 Å². The Morgan fingerprint density at radius 1 is 1.63 bits per heavy atom. The first-order valence-corrected chi connectivity index (χ1v) is 7.04. The molecule has 0 bridgehead atoms. The number of nitrogens with zero attached hydrogens (tertiary/aromatic N) is 3. The smallest absolute Gasteiger partial charge is 0.310 e. The van der Waals surface area contributed by atoms with E-state index in [1.165, 1.54) is 0 Å². The fourth-order valence-electron chi connectivity index (χ4n) is 2.42. The molecule has 1 aromatic heterocycles. The number of hydrogen-bond acceptors (Lipinski definition) is 4. The van der Waals surface area contributed by atoms with E-state index in [0.717, 1.165) is 38.3 Å². The second-order valence-electron chi connectivity index (χ2n) is 4.88. The summed E-state index contributed by atoms with van der Waals surface area (Å²) in [5, 5.41) is 0.633. The van der Waals surface area contributed by atoms with E-state index in [1.54, 1.807) is 6.20 Å². The Hall–Kier alpha value is -1.07. The van der Waals surface area contributed by atoms with Gasteiger partial charge in [-0.25, -0.2) is 4.98 Å². The van der Waals surface area contributed by atoms with Gasteiger partial charge in [-0.1, -0.05) is 11.6 Å². The molecule has 1 saturated heterocycles. The molecule has 106 valence electrons. The van der Waals surface area contributed by atoms with Crippen molar-refractivity contribution in [1.82, 2.24) is 14.5 Å². The van der Waals surface area contributed by atoms with Gasteiger partial charge in [-0.3, -0.25) is 9.69 Å². The van der Waals surface area contributed by atoms with E-state index in [4.69, 9.17) is 16.3 Å². The Morgan fingerprint density at radius 3 is 3.05 bits per heavy atom. The molecule has 0 saturated carbocycles. The molecule has 0 spiro atoms. The highest BCUT2D eigenvalue weighted by Crippen LogP contribution is 2.20. The molecule has 0 radical (unpaired) electrons. The van der Waals surface area contributed by atoms with Crippen LogP contribution < -0.4 is 0 Å². The van der Waals surface area contributed by atoms with Crippen molar-refractivity contribution in [2.24, 2.45) is 13.0 Å². The number of aromatic nitrogens is 2. The fourth-order valence-corrected chi connectivity index (χ4v) is 2.57. The average molecular weight is 286 g/mol. The first-order chi connectivity index (χ1) is 9.11. The number of esters is 1. The Balaban J connectivity index is 1.94. The Kier molecular flexibility index (Phi) is 4.82. The Morgan fingerprint density at radius 2 is 2.42 bits per heavy atom. The molecule has 19 heavy (non-hydrogen) atoms. The van der Waals surface area contributed by atoms with Gasteiger partial charge in [-0.05, 0) is 26.3 Å². The predicted octanol–water partition coefficient (Wildman–Crippen LogP) is 1.85. The summed E-state index contributed by atoms with van der Waals surface area (Å²) < 4.78 is 6.97. The van der Waals surface area contributed by atoms with Crippen LogP contribution in [0.15, 0.2) is 6.20 Å². The third kappa shape index (κ3) is 3.48. The monoisotopic (exact) mass is 285 g/mol. The molecule has 0 N–H and O–H groups in total. The summed E-state index contributed by atoms with van der Waals surface area (Å²) in [5.74, 6) is 0.837. The molecule has 5 nitrogen and oxygen atoms in total. The summed E-state index contributed by atoms with van der Waals surface area (Å²) in [4.78, 5) is 18.3. The number of hydrogen-bond donors (Lipinski definition) is 0. The number of imidazole rings is 1. The van der Waals surface area contributed by atoms with E-state index < -0.39 is 0 Å². The lowest BCUT2D eigenvalue weighted by Crippen LogP contribution is -2.39. The molecule has 1 atom stereocenters. The van der Waals surface area contributed by atoms with Crippen LogP contribution in [0.1, 0.15) is 25.6 Å². The summed E-state index contributed by atoms with van der Waals surface area (Å²) in [6.45, 7) is 4.74.